The van der Waals surface area contributed by atoms with Gasteiger partial charge >= 0.3 is 0 Å². The van der Waals surface area contributed by atoms with Gasteiger partial charge in [-0.15, -0.1) is 0 Å². The smallest absolute Gasteiger partial charge is 0.225 e. The van der Waals surface area contributed by atoms with Crippen molar-refractivity contribution in [2.45, 2.75) is 13.8 Å². The molecule has 17 heavy (non-hydrogen) atoms. The van der Waals surface area contributed by atoms with Gasteiger partial charge < -0.3 is 0 Å². The number of carbonyl (C=O) groups is 2. The Kier molecular flexibility index (Phi) is 4.74. The average Bonchev–Trinajstić information content (AvgIpc) is 2.31. The van der Waals surface area contributed by atoms with Gasteiger partial charge in [-0.25, -0.2) is 9.37 Å². The lowest BCUT2D eigenvalue weighted by Crippen LogP contribution is -2.30. The van der Waals surface area contributed by atoms with Gasteiger partial charge in [-0.2, -0.15) is 0 Å². The van der Waals surface area contributed by atoms with Crippen molar-refractivity contribution in [3.05, 3.63) is 23.6 Å². The van der Waals surface area contributed by atoms with Gasteiger partial charge in [-0.3, -0.25) is 14.5 Å². The largest absolute Gasteiger partial charge is 0.295 e. The first-order valence-electron chi connectivity index (χ1n) is 5.04. The standard InChI is InChI=1S/C11H12BrFN2O2/c1-3-15(7(2)16)11-10(13)8(4-5-14-11)9(17)6-12/h4-5H,3,6H2,1-2H3. The highest BCUT2D eigenvalue weighted by atomic mass is 79.9. The first kappa shape index (κ1) is 13.8. The molecule has 4 nitrogen and oxygen atoms in total. The molecule has 1 amide bonds. The summed E-state index contributed by atoms with van der Waals surface area (Å²) in [7, 11) is 0. The van der Waals surface area contributed by atoms with Crippen LogP contribution in [-0.2, 0) is 4.79 Å². The van der Waals surface area contributed by atoms with Gasteiger partial charge in [0.25, 0.3) is 0 Å². The maximum atomic E-state index is 14.0. The Morgan fingerprint density at radius 2 is 2.18 bits per heavy atom. The fourth-order valence-electron chi connectivity index (χ4n) is 1.43. The van der Waals surface area contributed by atoms with E-state index in [9.17, 15) is 14.0 Å². The number of amides is 1. The average molecular weight is 303 g/mol. The molecule has 1 aromatic rings. The summed E-state index contributed by atoms with van der Waals surface area (Å²) in [5.74, 6) is -1.56. The van der Waals surface area contributed by atoms with E-state index in [0.29, 0.717) is 6.54 Å². The highest BCUT2D eigenvalue weighted by Crippen LogP contribution is 2.20. The Morgan fingerprint density at radius 3 is 2.65 bits per heavy atom. The number of rotatable bonds is 4. The van der Waals surface area contributed by atoms with E-state index in [4.69, 9.17) is 0 Å². The van der Waals surface area contributed by atoms with Gasteiger partial charge in [0.15, 0.2) is 17.4 Å². The summed E-state index contributed by atoms with van der Waals surface area (Å²) in [6, 6.07) is 1.30. The monoisotopic (exact) mass is 302 g/mol. The van der Waals surface area contributed by atoms with Gasteiger partial charge in [-0.05, 0) is 13.0 Å². The van der Waals surface area contributed by atoms with E-state index in [-0.39, 0.29) is 28.4 Å². The highest BCUT2D eigenvalue weighted by Gasteiger charge is 2.20. The van der Waals surface area contributed by atoms with E-state index in [1.807, 2.05) is 0 Å². The summed E-state index contributed by atoms with van der Waals surface area (Å²) >= 11 is 2.98. The molecule has 0 bridgehead atoms. The Hall–Kier alpha value is -1.30. The molecule has 6 heteroatoms. The number of carbonyl (C=O) groups excluding carboxylic acids is 2. The van der Waals surface area contributed by atoms with Crippen LogP contribution in [-0.4, -0.2) is 28.5 Å². The van der Waals surface area contributed by atoms with Gasteiger partial charge in [0.2, 0.25) is 5.91 Å². The second kappa shape index (κ2) is 5.86. The number of pyridine rings is 1. The number of halogens is 2. The molecule has 0 atom stereocenters. The zero-order valence-corrected chi connectivity index (χ0v) is 11.1. The van der Waals surface area contributed by atoms with E-state index in [1.165, 1.54) is 24.1 Å². The quantitative estimate of drug-likeness (QED) is 0.633. The first-order valence-corrected chi connectivity index (χ1v) is 6.16. The van der Waals surface area contributed by atoms with Crippen LogP contribution >= 0.6 is 15.9 Å². The van der Waals surface area contributed by atoms with Gasteiger partial charge in [0.1, 0.15) is 0 Å². The topological polar surface area (TPSA) is 50.3 Å². The van der Waals surface area contributed by atoms with Crippen molar-refractivity contribution in [3.8, 4) is 0 Å². The number of nitrogens with zero attached hydrogens (tertiary/aromatic N) is 2. The van der Waals surface area contributed by atoms with Crippen LogP contribution in [0.4, 0.5) is 10.2 Å². The molecule has 0 N–H and O–H groups in total. The lowest BCUT2D eigenvalue weighted by Gasteiger charge is -2.19. The van der Waals surface area contributed by atoms with Crippen LogP contribution in [0.5, 0.6) is 0 Å². The second-order valence-electron chi connectivity index (χ2n) is 3.32. The molecule has 0 radical (unpaired) electrons. The molecule has 0 aliphatic rings. The van der Waals surface area contributed by atoms with Crippen LogP contribution in [0.25, 0.3) is 0 Å². The molecule has 0 spiro atoms. The summed E-state index contributed by atoms with van der Waals surface area (Å²) in [5.41, 5.74) is -0.0634. The van der Waals surface area contributed by atoms with Crippen LogP contribution < -0.4 is 4.90 Å². The lowest BCUT2D eigenvalue weighted by molar-refractivity contribution is -0.116. The van der Waals surface area contributed by atoms with Crippen molar-refractivity contribution in [3.63, 3.8) is 0 Å². The SMILES string of the molecule is CCN(C(C)=O)c1nccc(C(=O)CBr)c1F. The molecule has 1 heterocycles. The fraction of sp³-hybridized carbons (Fsp3) is 0.364. The molecule has 1 aromatic heterocycles. The predicted molar refractivity (Wildman–Crippen MR) is 66.0 cm³/mol. The van der Waals surface area contributed by atoms with Crippen molar-refractivity contribution in [1.82, 2.24) is 4.98 Å². The molecular formula is C11H12BrFN2O2. The molecule has 0 aromatic carbocycles. The van der Waals surface area contributed by atoms with Crippen molar-refractivity contribution in [1.29, 1.82) is 0 Å². The predicted octanol–water partition coefficient (Wildman–Crippen LogP) is 2.17. The Bertz CT molecular complexity index is 451. The zero-order chi connectivity index (χ0) is 13.0. The van der Waals surface area contributed by atoms with Crippen LogP contribution in [0.2, 0.25) is 0 Å². The number of anilines is 1. The van der Waals surface area contributed by atoms with E-state index in [0.717, 1.165) is 0 Å². The molecule has 0 fully saturated rings. The van der Waals surface area contributed by atoms with Gasteiger partial charge in [0, 0.05) is 19.7 Å². The van der Waals surface area contributed by atoms with Crippen molar-refractivity contribution >= 4 is 33.4 Å². The summed E-state index contributed by atoms with van der Waals surface area (Å²) in [6.45, 7) is 3.33. The summed E-state index contributed by atoms with van der Waals surface area (Å²) in [5, 5.41) is 0.0274. The van der Waals surface area contributed by atoms with Gasteiger partial charge in [-0.1, -0.05) is 15.9 Å². The number of alkyl halides is 1. The Morgan fingerprint density at radius 1 is 1.53 bits per heavy atom. The third-order valence-corrected chi connectivity index (χ3v) is 2.75. The number of Topliss-reactive ketones (excluding diaryl/α,β-unsaturated/α-hetero) is 1. The number of aromatic nitrogens is 1. The van der Waals surface area contributed by atoms with E-state index in [1.54, 1.807) is 6.92 Å². The third kappa shape index (κ3) is 2.88. The van der Waals surface area contributed by atoms with E-state index in [2.05, 4.69) is 20.9 Å². The molecule has 0 aliphatic heterocycles. The van der Waals surface area contributed by atoms with Crippen LogP contribution in [0.15, 0.2) is 12.3 Å². The Balaban J connectivity index is 3.26. The zero-order valence-electron chi connectivity index (χ0n) is 9.54. The molecule has 0 saturated carbocycles. The maximum Gasteiger partial charge on any atom is 0.225 e. The third-order valence-electron chi connectivity index (χ3n) is 2.24. The van der Waals surface area contributed by atoms with Crippen LogP contribution in [0, 0.1) is 5.82 Å². The lowest BCUT2D eigenvalue weighted by atomic mass is 10.2. The minimum absolute atomic E-state index is 0.0274. The second-order valence-corrected chi connectivity index (χ2v) is 3.88. The van der Waals surface area contributed by atoms with Crippen LogP contribution in [0.1, 0.15) is 24.2 Å². The molecule has 1 rings (SSSR count). The number of hydrogen-bond donors (Lipinski definition) is 0. The Labute approximate surface area is 107 Å². The van der Waals surface area contributed by atoms with Gasteiger partial charge in [0.05, 0.1) is 10.9 Å². The normalized spacial score (nSPS) is 10.1. The highest BCUT2D eigenvalue weighted by molar-refractivity contribution is 9.09. The van der Waals surface area contributed by atoms with E-state index >= 15 is 0 Å². The molecule has 0 unspecified atom stereocenters. The van der Waals surface area contributed by atoms with Crippen molar-refractivity contribution in [2.75, 3.05) is 16.8 Å². The number of ketones is 1. The van der Waals surface area contributed by atoms with Crippen molar-refractivity contribution < 1.29 is 14.0 Å². The maximum absolute atomic E-state index is 14.0. The molecule has 92 valence electrons. The van der Waals surface area contributed by atoms with Crippen LogP contribution in [0.3, 0.4) is 0 Å². The first-order chi connectivity index (χ1) is 8.02. The summed E-state index contributed by atoms with van der Waals surface area (Å²) in [4.78, 5) is 27.7. The minimum atomic E-state index is -0.756. The summed E-state index contributed by atoms with van der Waals surface area (Å²) in [6.07, 6.45) is 1.32. The molecule has 0 saturated heterocycles. The van der Waals surface area contributed by atoms with E-state index < -0.39 is 5.82 Å². The number of hydrogen-bond acceptors (Lipinski definition) is 3. The minimum Gasteiger partial charge on any atom is -0.295 e. The van der Waals surface area contributed by atoms with Crippen molar-refractivity contribution in [2.24, 2.45) is 0 Å². The molecule has 0 aliphatic carbocycles. The summed E-state index contributed by atoms with van der Waals surface area (Å²) < 4.78 is 14.0. The fourth-order valence-corrected chi connectivity index (χ4v) is 1.73. The molecular weight excluding hydrogens is 291 g/mol.